The van der Waals surface area contributed by atoms with Crippen LogP contribution in [0.4, 0.5) is 4.39 Å². The number of benzene rings is 1. The van der Waals surface area contributed by atoms with Crippen molar-refractivity contribution in [2.75, 3.05) is 13.2 Å². The van der Waals surface area contributed by atoms with Gasteiger partial charge in [0, 0.05) is 13.2 Å². The van der Waals surface area contributed by atoms with Gasteiger partial charge in [-0.3, -0.25) is 0 Å². The summed E-state index contributed by atoms with van der Waals surface area (Å²) in [4.78, 5) is 0. The van der Waals surface area contributed by atoms with Gasteiger partial charge in [0.1, 0.15) is 5.82 Å². The van der Waals surface area contributed by atoms with E-state index in [2.05, 4.69) is 13.8 Å². The van der Waals surface area contributed by atoms with E-state index >= 15 is 0 Å². The molecule has 1 rings (SSSR count). The van der Waals surface area contributed by atoms with E-state index in [1.54, 1.807) is 12.1 Å². The van der Waals surface area contributed by atoms with Crippen LogP contribution in [0.2, 0.25) is 6.04 Å². The molecule has 0 bridgehead atoms. The van der Waals surface area contributed by atoms with Crippen molar-refractivity contribution in [1.29, 1.82) is 0 Å². The number of rotatable bonds is 10. The quantitative estimate of drug-likeness (QED) is 0.608. The molecule has 0 heterocycles. The first kappa shape index (κ1) is 16.3. The number of aryl methyl sites for hydroxylation is 1. The highest BCUT2D eigenvalue weighted by Gasteiger charge is 2.12. The number of hydrogen-bond donors (Lipinski definition) is 0. The highest BCUT2D eigenvalue weighted by atomic mass is 28.3. The fourth-order valence-electron chi connectivity index (χ4n) is 1.88. The minimum atomic E-state index is -1.52. The second kappa shape index (κ2) is 10.1. The maximum atomic E-state index is 13.0. The maximum absolute atomic E-state index is 13.0. The molecule has 0 unspecified atom stereocenters. The van der Waals surface area contributed by atoms with Gasteiger partial charge < -0.3 is 8.85 Å². The first-order chi connectivity index (χ1) is 9.26. The molecule has 108 valence electrons. The Labute approximate surface area is 117 Å². The Bertz CT molecular complexity index is 339. The van der Waals surface area contributed by atoms with Crippen molar-refractivity contribution in [2.24, 2.45) is 0 Å². The van der Waals surface area contributed by atoms with Crippen LogP contribution in [0.25, 0.3) is 0 Å². The molecule has 0 spiro atoms. The highest BCUT2D eigenvalue weighted by molar-refractivity contribution is 6.44. The Kier molecular flexibility index (Phi) is 8.70. The van der Waals surface area contributed by atoms with Gasteiger partial charge in [0.2, 0.25) is 0 Å². The molecular formula is C15H25FO2Si. The minimum absolute atomic E-state index is 0.157. The van der Waals surface area contributed by atoms with Crippen molar-refractivity contribution in [3.05, 3.63) is 35.6 Å². The molecule has 0 amide bonds. The number of halogens is 1. The van der Waals surface area contributed by atoms with E-state index in [1.807, 2.05) is 6.07 Å². The van der Waals surface area contributed by atoms with Gasteiger partial charge in [-0.05, 0) is 49.4 Å². The molecule has 0 saturated heterocycles. The Morgan fingerprint density at radius 1 is 1.11 bits per heavy atom. The Morgan fingerprint density at radius 2 is 1.79 bits per heavy atom. The average Bonchev–Trinajstić information content (AvgIpc) is 2.41. The van der Waals surface area contributed by atoms with Crippen LogP contribution in [0.5, 0.6) is 0 Å². The predicted molar refractivity (Wildman–Crippen MR) is 79.2 cm³/mol. The lowest BCUT2D eigenvalue weighted by Crippen LogP contribution is -2.24. The van der Waals surface area contributed by atoms with Gasteiger partial charge in [0.25, 0.3) is 0 Å². The second-order valence-electron chi connectivity index (χ2n) is 4.69. The van der Waals surface area contributed by atoms with Gasteiger partial charge in [0.05, 0.1) is 0 Å². The van der Waals surface area contributed by atoms with E-state index in [-0.39, 0.29) is 5.82 Å². The molecule has 4 heteroatoms. The largest absolute Gasteiger partial charge is 0.397 e. The molecule has 0 aliphatic rings. The summed E-state index contributed by atoms with van der Waals surface area (Å²) in [5.41, 5.74) is 1.05. The zero-order chi connectivity index (χ0) is 13.9. The summed E-state index contributed by atoms with van der Waals surface area (Å²) in [6, 6.07) is 7.82. The van der Waals surface area contributed by atoms with Gasteiger partial charge in [-0.15, -0.1) is 0 Å². The van der Waals surface area contributed by atoms with E-state index in [9.17, 15) is 4.39 Å². The SMILES string of the molecule is CCCO[SiH](CCCc1cccc(F)c1)OCCC. The molecule has 0 aliphatic carbocycles. The van der Waals surface area contributed by atoms with Gasteiger partial charge >= 0.3 is 9.28 Å². The topological polar surface area (TPSA) is 18.5 Å². The minimum Gasteiger partial charge on any atom is -0.397 e. The molecule has 0 fully saturated rings. The van der Waals surface area contributed by atoms with E-state index in [4.69, 9.17) is 8.85 Å². The monoisotopic (exact) mass is 284 g/mol. The van der Waals surface area contributed by atoms with E-state index in [0.717, 1.165) is 50.5 Å². The number of hydrogen-bond acceptors (Lipinski definition) is 2. The third-order valence-corrected chi connectivity index (χ3v) is 4.90. The van der Waals surface area contributed by atoms with Crippen LogP contribution in [0, 0.1) is 5.82 Å². The standard InChI is InChI=1S/C15H25FO2Si/c1-3-10-17-19(18-11-4-2)12-6-8-14-7-5-9-15(16)13-14/h5,7,9,13,19H,3-4,6,8,10-12H2,1-2H3. The summed E-state index contributed by atoms with van der Waals surface area (Å²) in [7, 11) is -1.52. The average molecular weight is 284 g/mol. The normalized spacial score (nSPS) is 11.2. The van der Waals surface area contributed by atoms with Gasteiger partial charge in [-0.1, -0.05) is 26.0 Å². The third-order valence-electron chi connectivity index (χ3n) is 2.81. The van der Waals surface area contributed by atoms with Crippen molar-refractivity contribution in [3.63, 3.8) is 0 Å². The molecule has 0 atom stereocenters. The zero-order valence-electron chi connectivity index (χ0n) is 12.0. The molecule has 2 nitrogen and oxygen atoms in total. The molecule has 1 aromatic rings. The van der Waals surface area contributed by atoms with E-state index in [1.165, 1.54) is 6.07 Å². The molecule has 0 radical (unpaired) electrons. The Morgan fingerprint density at radius 3 is 2.37 bits per heavy atom. The summed E-state index contributed by atoms with van der Waals surface area (Å²) in [6.07, 6.45) is 3.96. The van der Waals surface area contributed by atoms with Crippen LogP contribution < -0.4 is 0 Å². The first-order valence-corrected chi connectivity index (χ1v) is 8.99. The lowest BCUT2D eigenvalue weighted by Gasteiger charge is -2.16. The molecule has 0 saturated carbocycles. The smallest absolute Gasteiger partial charge is 0.321 e. The van der Waals surface area contributed by atoms with Crippen molar-refractivity contribution in [2.45, 2.75) is 45.6 Å². The van der Waals surface area contributed by atoms with Crippen molar-refractivity contribution in [3.8, 4) is 0 Å². The first-order valence-electron chi connectivity index (χ1n) is 7.24. The van der Waals surface area contributed by atoms with Crippen LogP contribution in [0.15, 0.2) is 24.3 Å². The second-order valence-corrected chi connectivity index (χ2v) is 6.80. The van der Waals surface area contributed by atoms with Gasteiger partial charge in [0.15, 0.2) is 0 Å². The molecule has 19 heavy (non-hydrogen) atoms. The van der Waals surface area contributed by atoms with E-state index < -0.39 is 9.28 Å². The highest BCUT2D eigenvalue weighted by Crippen LogP contribution is 2.10. The molecular weight excluding hydrogens is 259 g/mol. The van der Waals surface area contributed by atoms with Gasteiger partial charge in [-0.25, -0.2) is 4.39 Å². The fraction of sp³-hybridized carbons (Fsp3) is 0.600. The lowest BCUT2D eigenvalue weighted by atomic mass is 10.1. The lowest BCUT2D eigenvalue weighted by molar-refractivity contribution is 0.196. The van der Waals surface area contributed by atoms with Crippen LogP contribution >= 0.6 is 0 Å². The molecule has 1 aromatic carbocycles. The molecule has 0 aliphatic heterocycles. The summed E-state index contributed by atoms with van der Waals surface area (Å²) >= 11 is 0. The zero-order valence-corrected chi connectivity index (χ0v) is 13.2. The summed E-state index contributed by atoms with van der Waals surface area (Å²) in [5.74, 6) is -0.157. The van der Waals surface area contributed by atoms with E-state index in [0.29, 0.717) is 0 Å². The summed E-state index contributed by atoms with van der Waals surface area (Å²) < 4.78 is 24.6. The summed E-state index contributed by atoms with van der Waals surface area (Å²) in [5, 5.41) is 0. The molecule has 0 aromatic heterocycles. The maximum Gasteiger partial charge on any atom is 0.321 e. The molecule has 0 N–H and O–H groups in total. The predicted octanol–water partition coefficient (Wildman–Crippen LogP) is 3.83. The van der Waals surface area contributed by atoms with Gasteiger partial charge in [-0.2, -0.15) is 0 Å². The van der Waals surface area contributed by atoms with Crippen molar-refractivity contribution >= 4 is 9.28 Å². The summed E-state index contributed by atoms with van der Waals surface area (Å²) in [6.45, 7) is 5.80. The third kappa shape index (κ3) is 7.45. The van der Waals surface area contributed by atoms with Crippen LogP contribution in [-0.4, -0.2) is 22.5 Å². The van der Waals surface area contributed by atoms with Crippen LogP contribution in [0.3, 0.4) is 0 Å². The van der Waals surface area contributed by atoms with Crippen molar-refractivity contribution < 1.29 is 13.2 Å². The van der Waals surface area contributed by atoms with Crippen LogP contribution in [0.1, 0.15) is 38.7 Å². The Hall–Kier alpha value is -0.713. The Balaban J connectivity index is 2.29. The van der Waals surface area contributed by atoms with Crippen molar-refractivity contribution in [1.82, 2.24) is 0 Å². The van der Waals surface area contributed by atoms with Crippen LogP contribution in [-0.2, 0) is 15.3 Å². The fourth-order valence-corrected chi connectivity index (χ4v) is 3.84.